The van der Waals surface area contributed by atoms with Gasteiger partial charge in [0, 0.05) is 12.8 Å². The van der Waals surface area contributed by atoms with Crippen molar-refractivity contribution in [2.24, 2.45) is 0 Å². The molecule has 0 atom stereocenters. The highest BCUT2D eigenvalue weighted by Gasteiger charge is 2.10. The van der Waals surface area contributed by atoms with E-state index in [2.05, 4.69) is 6.92 Å². The Morgan fingerprint density at radius 2 is 1.47 bits per heavy atom. The van der Waals surface area contributed by atoms with E-state index in [4.69, 9.17) is 9.47 Å². The number of carbonyl (C=O) groups is 2. The number of unbranched alkanes of at least 4 members (excludes halogenated alkanes) is 2. The Labute approximate surface area is 116 Å². The molecular weight excluding hydrogens is 244 g/mol. The Hall–Kier alpha value is -1.06. The normalized spacial score (nSPS) is 10.5. The van der Waals surface area contributed by atoms with E-state index in [9.17, 15) is 9.59 Å². The van der Waals surface area contributed by atoms with E-state index in [-0.39, 0.29) is 18.0 Å². The summed E-state index contributed by atoms with van der Waals surface area (Å²) in [6.07, 6.45) is 5.82. The maximum Gasteiger partial charge on any atom is 0.306 e. The smallest absolute Gasteiger partial charge is 0.306 e. The predicted octanol–water partition coefficient (Wildman–Crippen LogP) is 3.62. The SMILES string of the molecule is CCCCOC(=O)CCCCC(=O)OC(CC)CC. The molecule has 19 heavy (non-hydrogen) atoms. The van der Waals surface area contributed by atoms with E-state index in [1.54, 1.807) is 0 Å². The summed E-state index contributed by atoms with van der Waals surface area (Å²) < 4.78 is 10.3. The highest BCUT2D eigenvalue weighted by atomic mass is 16.5. The maximum absolute atomic E-state index is 11.5. The minimum atomic E-state index is -0.165. The monoisotopic (exact) mass is 272 g/mol. The van der Waals surface area contributed by atoms with Crippen LogP contribution >= 0.6 is 0 Å². The molecule has 0 saturated heterocycles. The molecule has 0 rings (SSSR count). The number of rotatable bonds is 11. The van der Waals surface area contributed by atoms with Gasteiger partial charge < -0.3 is 9.47 Å². The number of ether oxygens (including phenoxy) is 2. The molecule has 0 N–H and O–H groups in total. The van der Waals surface area contributed by atoms with E-state index < -0.39 is 0 Å². The van der Waals surface area contributed by atoms with Crippen LogP contribution in [0.5, 0.6) is 0 Å². The molecule has 0 bridgehead atoms. The second-order valence-corrected chi connectivity index (χ2v) is 4.71. The van der Waals surface area contributed by atoms with Gasteiger partial charge in [-0.15, -0.1) is 0 Å². The first kappa shape index (κ1) is 17.9. The molecule has 0 radical (unpaired) electrons. The van der Waals surface area contributed by atoms with Crippen molar-refractivity contribution >= 4 is 11.9 Å². The van der Waals surface area contributed by atoms with Gasteiger partial charge in [-0.2, -0.15) is 0 Å². The lowest BCUT2D eigenvalue weighted by atomic mass is 10.2. The van der Waals surface area contributed by atoms with Crippen LogP contribution < -0.4 is 0 Å². The van der Waals surface area contributed by atoms with Crippen LogP contribution in [0.2, 0.25) is 0 Å². The van der Waals surface area contributed by atoms with Crippen molar-refractivity contribution in [3.8, 4) is 0 Å². The third kappa shape index (κ3) is 10.5. The van der Waals surface area contributed by atoms with Crippen LogP contribution in [0.25, 0.3) is 0 Å². The summed E-state index contributed by atoms with van der Waals surface area (Å²) in [7, 11) is 0. The molecule has 0 aromatic heterocycles. The highest BCUT2D eigenvalue weighted by Crippen LogP contribution is 2.08. The summed E-state index contributed by atoms with van der Waals surface area (Å²) in [4.78, 5) is 22.8. The molecule has 0 spiro atoms. The summed E-state index contributed by atoms with van der Waals surface area (Å²) >= 11 is 0. The Morgan fingerprint density at radius 3 is 2.00 bits per heavy atom. The first-order chi connectivity index (χ1) is 9.13. The van der Waals surface area contributed by atoms with Crippen LogP contribution in [-0.4, -0.2) is 24.6 Å². The van der Waals surface area contributed by atoms with Crippen LogP contribution in [0.3, 0.4) is 0 Å². The van der Waals surface area contributed by atoms with Crippen LogP contribution in [0.1, 0.15) is 72.1 Å². The first-order valence-corrected chi connectivity index (χ1v) is 7.49. The molecule has 0 saturated carbocycles. The third-order valence-corrected chi connectivity index (χ3v) is 2.98. The maximum atomic E-state index is 11.5. The molecule has 112 valence electrons. The lowest BCUT2D eigenvalue weighted by molar-refractivity contribution is -0.150. The fraction of sp³-hybridized carbons (Fsp3) is 0.867. The zero-order valence-electron chi connectivity index (χ0n) is 12.6. The predicted molar refractivity (Wildman–Crippen MR) is 74.8 cm³/mol. The van der Waals surface area contributed by atoms with Gasteiger partial charge in [0.25, 0.3) is 0 Å². The average Bonchev–Trinajstić information content (AvgIpc) is 2.41. The minimum absolute atomic E-state index is 0.0338. The highest BCUT2D eigenvalue weighted by molar-refractivity contribution is 5.70. The summed E-state index contributed by atoms with van der Waals surface area (Å²) in [5, 5.41) is 0. The summed E-state index contributed by atoms with van der Waals surface area (Å²) in [5.74, 6) is -0.324. The van der Waals surface area contributed by atoms with E-state index in [0.29, 0.717) is 32.3 Å². The summed E-state index contributed by atoms with van der Waals surface area (Å²) in [6, 6.07) is 0. The first-order valence-electron chi connectivity index (χ1n) is 7.49. The van der Waals surface area contributed by atoms with Crippen molar-refractivity contribution in [1.29, 1.82) is 0 Å². The lowest BCUT2D eigenvalue weighted by Crippen LogP contribution is -2.16. The van der Waals surface area contributed by atoms with Crippen LogP contribution in [0.15, 0.2) is 0 Å². The molecule has 0 aromatic rings. The van der Waals surface area contributed by atoms with Crippen LogP contribution in [0, 0.1) is 0 Å². The molecule has 0 unspecified atom stereocenters. The van der Waals surface area contributed by atoms with Crippen LogP contribution in [-0.2, 0) is 19.1 Å². The fourth-order valence-electron chi connectivity index (χ4n) is 1.64. The molecule has 0 aliphatic heterocycles. The number of hydrogen-bond acceptors (Lipinski definition) is 4. The quantitative estimate of drug-likeness (QED) is 0.426. The van der Waals surface area contributed by atoms with Gasteiger partial charge in [0.2, 0.25) is 0 Å². The molecule has 0 amide bonds. The Bertz CT molecular complexity index is 247. The molecule has 0 aromatic carbocycles. The van der Waals surface area contributed by atoms with Crippen molar-refractivity contribution < 1.29 is 19.1 Å². The van der Waals surface area contributed by atoms with Crippen molar-refractivity contribution in [3.05, 3.63) is 0 Å². The van der Waals surface area contributed by atoms with Gasteiger partial charge in [-0.05, 0) is 32.1 Å². The summed E-state index contributed by atoms with van der Waals surface area (Å²) in [5.41, 5.74) is 0. The zero-order chi connectivity index (χ0) is 14.5. The number of hydrogen-bond donors (Lipinski definition) is 0. The molecule has 0 fully saturated rings. The van der Waals surface area contributed by atoms with Crippen molar-refractivity contribution in [1.82, 2.24) is 0 Å². The molecular formula is C15H28O4. The molecule has 4 nitrogen and oxygen atoms in total. The van der Waals surface area contributed by atoms with Gasteiger partial charge in [-0.25, -0.2) is 0 Å². The molecule has 0 aliphatic carbocycles. The van der Waals surface area contributed by atoms with E-state index in [0.717, 1.165) is 25.7 Å². The van der Waals surface area contributed by atoms with Crippen molar-refractivity contribution in [3.63, 3.8) is 0 Å². The number of carbonyl (C=O) groups excluding carboxylic acids is 2. The van der Waals surface area contributed by atoms with E-state index in [1.165, 1.54) is 0 Å². The van der Waals surface area contributed by atoms with Gasteiger partial charge in [-0.1, -0.05) is 27.2 Å². The third-order valence-electron chi connectivity index (χ3n) is 2.98. The van der Waals surface area contributed by atoms with Gasteiger partial charge in [0.15, 0.2) is 0 Å². The van der Waals surface area contributed by atoms with E-state index in [1.807, 2.05) is 13.8 Å². The van der Waals surface area contributed by atoms with Crippen LogP contribution in [0.4, 0.5) is 0 Å². The topological polar surface area (TPSA) is 52.6 Å². The second kappa shape index (κ2) is 12.0. The zero-order valence-corrected chi connectivity index (χ0v) is 12.6. The Balaban J connectivity index is 3.52. The van der Waals surface area contributed by atoms with Crippen molar-refractivity contribution in [2.45, 2.75) is 78.2 Å². The lowest BCUT2D eigenvalue weighted by Gasteiger charge is -2.13. The number of esters is 2. The largest absolute Gasteiger partial charge is 0.466 e. The van der Waals surface area contributed by atoms with Gasteiger partial charge in [0.1, 0.15) is 6.10 Å². The molecule has 0 aliphatic rings. The molecule has 4 heteroatoms. The van der Waals surface area contributed by atoms with Crippen molar-refractivity contribution in [2.75, 3.05) is 6.61 Å². The average molecular weight is 272 g/mol. The van der Waals surface area contributed by atoms with Gasteiger partial charge in [-0.3, -0.25) is 9.59 Å². The summed E-state index contributed by atoms with van der Waals surface area (Å²) in [6.45, 7) is 6.58. The van der Waals surface area contributed by atoms with Gasteiger partial charge in [0.05, 0.1) is 6.61 Å². The van der Waals surface area contributed by atoms with Gasteiger partial charge >= 0.3 is 11.9 Å². The minimum Gasteiger partial charge on any atom is -0.466 e. The standard InChI is InChI=1S/C15H28O4/c1-4-7-12-18-14(16)10-8-9-11-15(17)19-13(5-2)6-3/h13H,4-12H2,1-3H3. The molecule has 0 heterocycles. The fourth-order valence-corrected chi connectivity index (χ4v) is 1.64. The Kier molecular flexibility index (Phi) is 11.3. The Morgan fingerprint density at radius 1 is 0.895 bits per heavy atom. The van der Waals surface area contributed by atoms with E-state index >= 15 is 0 Å². The second-order valence-electron chi connectivity index (χ2n) is 4.71.